The number of hydrogen-bond donors (Lipinski definition) is 2. The second-order valence-corrected chi connectivity index (χ2v) is 8.38. The first-order valence-corrected chi connectivity index (χ1v) is 8.76. The van der Waals surface area contributed by atoms with E-state index >= 15 is 0 Å². The maximum Gasteiger partial charge on any atom is 0.0448 e. The van der Waals surface area contributed by atoms with Crippen molar-refractivity contribution in [2.75, 3.05) is 39.8 Å². The normalized spacial score (nSPS) is 33.9. The highest BCUT2D eigenvalue weighted by Crippen LogP contribution is 2.39. The van der Waals surface area contributed by atoms with E-state index in [1.165, 1.54) is 32.1 Å². The molecule has 4 heteroatoms. The van der Waals surface area contributed by atoms with Crippen LogP contribution in [0.5, 0.6) is 0 Å². The van der Waals surface area contributed by atoms with E-state index < -0.39 is 0 Å². The fraction of sp³-hybridized carbons (Fsp3) is 1.00. The lowest BCUT2D eigenvalue weighted by Gasteiger charge is -2.42. The second kappa shape index (κ2) is 6.95. The summed E-state index contributed by atoms with van der Waals surface area (Å²) in [6, 6.07) is 0. The molecule has 3 N–H and O–H groups in total. The van der Waals surface area contributed by atoms with Crippen LogP contribution in [0.15, 0.2) is 0 Å². The van der Waals surface area contributed by atoms with Gasteiger partial charge in [0.05, 0.1) is 0 Å². The zero-order chi connectivity index (χ0) is 15.5. The maximum absolute atomic E-state index is 6.21. The lowest BCUT2D eigenvalue weighted by molar-refractivity contribution is 0.0472. The molecule has 21 heavy (non-hydrogen) atoms. The Morgan fingerprint density at radius 3 is 2.33 bits per heavy atom. The van der Waals surface area contributed by atoms with Gasteiger partial charge in [-0.2, -0.15) is 0 Å². The predicted molar refractivity (Wildman–Crippen MR) is 90.0 cm³/mol. The minimum absolute atomic E-state index is 0.135. The number of nitrogens with zero attached hydrogens (tertiary/aromatic N) is 2. The first-order chi connectivity index (χ1) is 9.85. The number of nitrogens with one attached hydrogen (secondary N) is 1. The van der Waals surface area contributed by atoms with Gasteiger partial charge in [0, 0.05) is 38.3 Å². The van der Waals surface area contributed by atoms with Gasteiger partial charge in [0.2, 0.25) is 0 Å². The van der Waals surface area contributed by atoms with E-state index in [2.05, 4.69) is 43.2 Å². The Morgan fingerprint density at radius 2 is 1.76 bits per heavy atom. The smallest absolute Gasteiger partial charge is 0.0448 e. The molecular formula is C17H36N4. The largest absolute Gasteiger partial charge is 0.329 e. The number of rotatable bonds is 3. The molecule has 2 atom stereocenters. The fourth-order valence-corrected chi connectivity index (χ4v) is 3.89. The Kier molecular flexibility index (Phi) is 5.69. The lowest BCUT2D eigenvalue weighted by Crippen LogP contribution is -2.61. The van der Waals surface area contributed by atoms with Crippen LogP contribution < -0.4 is 11.2 Å². The van der Waals surface area contributed by atoms with Crippen LogP contribution in [-0.2, 0) is 0 Å². The molecule has 2 fully saturated rings. The van der Waals surface area contributed by atoms with E-state index in [1.807, 2.05) is 0 Å². The topological polar surface area (TPSA) is 44.5 Å². The number of hydrazine groups is 1. The maximum atomic E-state index is 6.21. The molecule has 1 aliphatic carbocycles. The molecule has 2 unspecified atom stereocenters. The molecule has 2 rings (SSSR count). The Hall–Kier alpha value is -0.160. The zero-order valence-electron chi connectivity index (χ0n) is 14.6. The van der Waals surface area contributed by atoms with E-state index in [1.54, 1.807) is 0 Å². The summed E-state index contributed by atoms with van der Waals surface area (Å²) in [5.74, 6) is 0.834. The molecule has 0 amide bonds. The average Bonchev–Trinajstić information content (AvgIpc) is 2.64. The monoisotopic (exact) mass is 296 g/mol. The SMILES string of the molecule is CN1CCN(NC2(CN)CCCC(C(C)(C)C)CC2)CC1. The first kappa shape index (κ1) is 17.2. The van der Waals surface area contributed by atoms with Gasteiger partial charge in [0.15, 0.2) is 0 Å². The average molecular weight is 297 g/mol. The van der Waals surface area contributed by atoms with Gasteiger partial charge in [0.1, 0.15) is 0 Å². The van der Waals surface area contributed by atoms with E-state index in [0.29, 0.717) is 5.41 Å². The lowest BCUT2D eigenvalue weighted by atomic mass is 9.76. The fourth-order valence-electron chi connectivity index (χ4n) is 3.89. The molecule has 124 valence electrons. The zero-order valence-corrected chi connectivity index (χ0v) is 14.6. The molecule has 1 heterocycles. The van der Waals surface area contributed by atoms with Gasteiger partial charge in [-0.3, -0.25) is 0 Å². The third-order valence-electron chi connectivity index (χ3n) is 5.69. The van der Waals surface area contributed by atoms with Crippen LogP contribution in [0, 0.1) is 11.3 Å². The van der Waals surface area contributed by atoms with E-state index in [-0.39, 0.29) is 5.54 Å². The number of piperazine rings is 1. The summed E-state index contributed by atoms with van der Waals surface area (Å²) in [7, 11) is 2.20. The van der Waals surface area contributed by atoms with Crippen molar-refractivity contribution in [2.24, 2.45) is 17.1 Å². The molecule has 1 saturated heterocycles. The predicted octanol–water partition coefficient (Wildman–Crippen LogP) is 2.06. The van der Waals surface area contributed by atoms with Gasteiger partial charge in [-0.05, 0) is 44.1 Å². The summed E-state index contributed by atoms with van der Waals surface area (Å²) >= 11 is 0. The summed E-state index contributed by atoms with van der Waals surface area (Å²) in [4.78, 5) is 2.40. The molecule has 2 aliphatic rings. The van der Waals surface area contributed by atoms with Crippen molar-refractivity contribution in [2.45, 2.75) is 58.4 Å². The van der Waals surface area contributed by atoms with Crippen molar-refractivity contribution in [1.29, 1.82) is 0 Å². The van der Waals surface area contributed by atoms with E-state index in [0.717, 1.165) is 38.6 Å². The summed E-state index contributed by atoms with van der Waals surface area (Å²) in [5.41, 5.74) is 10.6. The highest BCUT2D eigenvalue weighted by molar-refractivity contribution is 4.93. The quantitative estimate of drug-likeness (QED) is 0.783. The van der Waals surface area contributed by atoms with Crippen molar-refractivity contribution in [3.63, 3.8) is 0 Å². The Bertz CT molecular complexity index is 317. The third-order valence-corrected chi connectivity index (χ3v) is 5.69. The summed E-state index contributed by atoms with van der Waals surface area (Å²) in [5, 5.41) is 2.42. The summed E-state index contributed by atoms with van der Waals surface area (Å²) in [6.45, 7) is 12.5. The molecule has 0 aromatic carbocycles. The van der Waals surface area contributed by atoms with Crippen molar-refractivity contribution < 1.29 is 0 Å². The number of likely N-dealkylation sites (N-methyl/N-ethyl adjacent to an activating group) is 1. The van der Waals surface area contributed by atoms with Gasteiger partial charge in [-0.25, -0.2) is 10.4 Å². The molecule has 0 spiro atoms. The van der Waals surface area contributed by atoms with Gasteiger partial charge >= 0.3 is 0 Å². The molecule has 0 aromatic heterocycles. The number of nitrogens with two attached hydrogens (primary N) is 1. The van der Waals surface area contributed by atoms with Gasteiger partial charge in [-0.15, -0.1) is 0 Å². The van der Waals surface area contributed by atoms with Crippen molar-refractivity contribution in [3.8, 4) is 0 Å². The molecule has 1 saturated carbocycles. The summed E-state index contributed by atoms with van der Waals surface area (Å²) in [6.07, 6.45) is 6.41. The minimum Gasteiger partial charge on any atom is -0.329 e. The molecule has 0 bridgehead atoms. The van der Waals surface area contributed by atoms with Crippen LogP contribution in [0.4, 0.5) is 0 Å². The van der Waals surface area contributed by atoms with Crippen LogP contribution in [-0.4, -0.2) is 55.2 Å². The summed E-state index contributed by atoms with van der Waals surface area (Å²) < 4.78 is 0. The Balaban J connectivity index is 1.94. The van der Waals surface area contributed by atoms with E-state index in [9.17, 15) is 0 Å². The molecule has 0 aromatic rings. The second-order valence-electron chi connectivity index (χ2n) is 8.38. The van der Waals surface area contributed by atoms with Crippen LogP contribution >= 0.6 is 0 Å². The molecular weight excluding hydrogens is 260 g/mol. The standard InChI is InChI=1S/C17H36N4/c1-16(2,3)15-6-5-8-17(14-18,9-7-15)19-21-12-10-20(4)11-13-21/h15,19H,5-14,18H2,1-4H3. The Morgan fingerprint density at radius 1 is 1.10 bits per heavy atom. The molecule has 4 nitrogen and oxygen atoms in total. The van der Waals surface area contributed by atoms with Crippen molar-refractivity contribution in [1.82, 2.24) is 15.3 Å². The highest BCUT2D eigenvalue weighted by Gasteiger charge is 2.36. The first-order valence-electron chi connectivity index (χ1n) is 8.76. The third kappa shape index (κ3) is 4.65. The van der Waals surface area contributed by atoms with Gasteiger partial charge in [-0.1, -0.05) is 27.2 Å². The van der Waals surface area contributed by atoms with Crippen molar-refractivity contribution in [3.05, 3.63) is 0 Å². The van der Waals surface area contributed by atoms with Crippen LogP contribution in [0.2, 0.25) is 0 Å². The van der Waals surface area contributed by atoms with Crippen LogP contribution in [0.3, 0.4) is 0 Å². The molecule has 1 aliphatic heterocycles. The van der Waals surface area contributed by atoms with Gasteiger partial charge in [0.25, 0.3) is 0 Å². The van der Waals surface area contributed by atoms with E-state index in [4.69, 9.17) is 5.73 Å². The Labute approximate surface area is 131 Å². The van der Waals surface area contributed by atoms with Crippen LogP contribution in [0.1, 0.15) is 52.9 Å². The van der Waals surface area contributed by atoms with Crippen LogP contribution in [0.25, 0.3) is 0 Å². The number of hydrogen-bond acceptors (Lipinski definition) is 4. The minimum atomic E-state index is 0.135. The molecule has 0 radical (unpaired) electrons. The van der Waals surface area contributed by atoms with Crippen molar-refractivity contribution >= 4 is 0 Å². The highest BCUT2D eigenvalue weighted by atomic mass is 15.5. The van der Waals surface area contributed by atoms with Gasteiger partial charge < -0.3 is 10.6 Å².